The van der Waals surface area contributed by atoms with Crippen LogP contribution in [0, 0.1) is 5.92 Å². The molecule has 4 rings (SSSR count). The molecule has 0 saturated carbocycles. The Hall–Kier alpha value is -2.22. The molecule has 4 heterocycles. The van der Waals surface area contributed by atoms with E-state index >= 15 is 0 Å². The molecule has 0 amide bonds. The SMILES string of the molecule is FC(F)(F)c1cc(N2CCC3CCN(Cc4ccccn4)C3C2)ncn1. The standard InChI is InChI=1S/C18H20F3N5/c19-18(20,21)16-9-17(24-12-23-16)26-8-5-13-4-7-25(15(13)11-26)10-14-3-1-2-6-22-14/h1-3,6,9,12-13,15H,4-5,7-8,10-11H2. The molecular formula is C18H20F3N5. The van der Waals surface area contributed by atoms with Crippen molar-refractivity contribution in [2.24, 2.45) is 5.92 Å². The van der Waals surface area contributed by atoms with Gasteiger partial charge in [-0.15, -0.1) is 0 Å². The van der Waals surface area contributed by atoms with Crippen molar-refractivity contribution in [1.29, 1.82) is 0 Å². The molecule has 2 unspecified atom stereocenters. The summed E-state index contributed by atoms with van der Waals surface area (Å²) in [4.78, 5) is 16.2. The van der Waals surface area contributed by atoms with Crippen LogP contribution >= 0.6 is 0 Å². The lowest BCUT2D eigenvalue weighted by molar-refractivity contribution is -0.141. The first-order chi connectivity index (χ1) is 12.5. The van der Waals surface area contributed by atoms with E-state index < -0.39 is 11.9 Å². The Morgan fingerprint density at radius 1 is 1.08 bits per heavy atom. The van der Waals surface area contributed by atoms with E-state index in [1.165, 1.54) is 0 Å². The van der Waals surface area contributed by atoms with Gasteiger partial charge in [0, 0.05) is 37.9 Å². The summed E-state index contributed by atoms with van der Waals surface area (Å²) in [6, 6.07) is 7.25. The number of fused-ring (bicyclic) bond motifs is 1. The van der Waals surface area contributed by atoms with E-state index in [-0.39, 0.29) is 0 Å². The zero-order valence-corrected chi connectivity index (χ0v) is 14.2. The van der Waals surface area contributed by atoms with Crippen LogP contribution in [0.25, 0.3) is 0 Å². The van der Waals surface area contributed by atoms with Crippen molar-refractivity contribution in [2.45, 2.75) is 31.6 Å². The zero-order valence-electron chi connectivity index (χ0n) is 14.2. The molecule has 2 aliphatic rings. The highest BCUT2D eigenvalue weighted by atomic mass is 19.4. The number of halogens is 3. The van der Waals surface area contributed by atoms with E-state index in [9.17, 15) is 13.2 Å². The average Bonchev–Trinajstić information content (AvgIpc) is 3.04. The Balaban J connectivity index is 1.50. The van der Waals surface area contributed by atoms with Crippen LogP contribution in [0.1, 0.15) is 24.2 Å². The van der Waals surface area contributed by atoms with Gasteiger partial charge in [-0.05, 0) is 37.4 Å². The van der Waals surface area contributed by atoms with Gasteiger partial charge in [-0.1, -0.05) is 6.07 Å². The molecule has 0 aromatic carbocycles. The highest BCUT2D eigenvalue weighted by molar-refractivity contribution is 5.40. The summed E-state index contributed by atoms with van der Waals surface area (Å²) in [5.41, 5.74) is 0.132. The minimum atomic E-state index is -4.45. The second-order valence-electron chi connectivity index (χ2n) is 6.90. The van der Waals surface area contributed by atoms with Crippen LogP contribution in [0.4, 0.5) is 19.0 Å². The highest BCUT2D eigenvalue weighted by Crippen LogP contribution is 2.35. The van der Waals surface area contributed by atoms with Crippen molar-refractivity contribution < 1.29 is 13.2 Å². The van der Waals surface area contributed by atoms with Gasteiger partial charge in [-0.3, -0.25) is 9.88 Å². The van der Waals surface area contributed by atoms with Crippen molar-refractivity contribution in [2.75, 3.05) is 24.5 Å². The normalized spacial score (nSPS) is 23.9. The van der Waals surface area contributed by atoms with Gasteiger partial charge in [0.15, 0.2) is 0 Å². The topological polar surface area (TPSA) is 45.2 Å². The molecular weight excluding hydrogens is 343 g/mol. The molecule has 5 nitrogen and oxygen atoms in total. The summed E-state index contributed by atoms with van der Waals surface area (Å²) < 4.78 is 38.8. The fraction of sp³-hybridized carbons (Fsp3) is 0.500. The molecule has 0 radical (unpaired) electrons. The van der Waals surface area contributed by atoms with E-state index in [1.54, 1.807) is 6.20 Å². The number of alkyl halides is 3. The third-order valence-electron chi connectivity index (χ3n) is 5.34. The minimum Gasteiger partial charge on any atom is -0.355 e. The number of nitrogens with zero attached hydrogens (tertiary/aromatic N) is 5. The minimum absolute atomic E-state index is 0.315. The fourth-order valence-electron chi connectivity index (χ4n) is 4.01. The molecule has 2 aromatic heterocycles. The highest BCUT2D eigenvalue weighted by Gasteiger charge is 2.39. The number of piperidine rings is 1. The maximum atomic E-state index is 12.9. The van der Waals surface area contributed by atoms with Crippen LogP contribution in [0.15, 0.2) is 36.8 Å². The van der Waals surface area contributed by atoms with E-state index in [2.05, 4.69) is 19.9 Å². The molecule has 0 aliphatic carbocycles. The molecule has 2 fully saturated rings. The summed E-state index contributed by atoms with van der Waals surface area (Å²) in [7, 11) is 0. The molecule has 0 bridgehead atoms. The Bertz CT molecular complexity index is 752. The molecule has 2 saturated heterocycles. The summed E-state index contributed by atoms with van der Waals surface area (Å²) in [5, 5.41) is 0. The van der Waals surface area contributed by atoms with Gasteiger partial charge < -0.3 is 4.90 Å². The number of hydrogen-bond donors (Lipinski definition) is 0. The van der Waals surface area contributed by atoms with E-state index in [0.717, 1.165) is 50.6 Å². The molecule has 26 heavy (non-hydrogen) atoms. The molecule has 8 heteroatoms. The first-order valence-electron chi connectivity index (χ1n) is 8.79. The fourth-order valence-corrected chi connectivity index (χ4v) is 4.01. The smallest absolute Gasteiger partial charge is 0.355 e. The summed E-state index contributed by atoms with van der Waals surface area (Å²) in [6.07, 6.45) is 0.437. The number of aromatic nitrogens is 3. The first kappa shape index (κ1) is 17.2. The van der Waals surface area contributed by atoms with Crippen molar-refractivity contribution >= 4 is 5.82 Å². The Labute approximate surface area is 149 Å². The number of anilines is 1. The maximum absolute atomic E-state index is 12.9. The predicted molar refractivity (Wildman–Crippen MR) is 90.4 cm³/mol. The van der Waals surface area contributed by atoms with Gasteiger partial charge in [0.05, 0.1) is 5.69 Å². The summed E-state index contributed by atoms with van der Waals surface area (Å²) in [5.74, 6) is 0.939. The number of pyridine rings is 1. The number of rotatable bonds is 3. The van der Waals surface area contributed by atoms with Crippen LogP contribution < -0.4 is 4.90 Å². The van der Waals surface area contributed by atoms with E-state index in [4.69, 9.17) is 0 Å². The predicted octanol–water partition coefficient (Wildman–Crippen LogP) is 2.99. The third-order valence-corrected chi connectivity index (χ3v) is 5.34. The zero-order chi connectivity index (χ0) is 18.1. The lowest BCUT2D eigenvalue weighted by atomic mass is 9.92. The average molecular weight is 363 g/mol. The van der Waals surface area contributed by atoms with Gasteiger partial charge in [-0.2, -0.15) is 13.2 Å². The van der Waals surface area contributed by atoms with Crippen molar-refractivity contribution in [3.05, 3.63) is 48.2 Å². The summed E-state index contributed by atoms with van der Waals surface area (Å²) in [6.45, 7) is 3.18. The quantitative estimate of drug-likeness (QED) is 0.839. The van der Waals surface area contributed by atoms with Gasteiger partial charge in [0.25, 0.3) is 0 Å². The largest absolute Gasteiger partial charge is 0.433 e. The maximum Gasteiger partial charge on any atom is 0.433 e. The third kappa shape index (κ3) is 3.51. The van der Waals surface area contributed by atoms with E-state index in [1.807, 2.05) is 23.1 Å². The first-order valence-corrected chi connectivity index (χ1v) is 8.79. The number of likely N-dealkylation sites (tertiary alicyclic amines) is 1. The Morgan fingerprint density at radius 3 is 2.69 bits per heavy atom. The lowest BCUT2D eigenvalue weighted by Gasteiger charge is -2.39. The van der Waals surface area contributed by atoms with Crippen LogP contribution in [0.3, 0.4) is 0 Å². The Kier molecular flexibility index (Phi) is 4.52. The summed E-state index contributed by atoms with van der Waals surface area (Å²) >= 11 is 0. The van der Waals surface area contributed by atoms with Gasteiger partial charge in [-0.25, -0.2) is 9.97 Å². The van der Waals surface area contributed by atoms with Crippen LogP contribution in [0.2, 0.25) is 0 Å². The molecule has 0 N–H and O–H groups in total. The second kappa shape index (κ2) is 6.83. The second-order valence-corrected chi connectivity index (χ2v) is 6.90. The van der Waals surface area contributed by atoms with Crippen molar-refractivity contribution in [3.63, 3.8) is 0 Å². The molecule has 2 aromatic rings. The van der Waals surface area contributed by atoms with Gasteiger partial charge >= 0.3 is 6.18 Å². The van der Waals surface area contributed by atoms with Crippen LogP contribution in [0.5, 0.6) is 0 Å². The van der Waals surface area contributed by atoms with Gasteiger partial charge in [0.1, 0.15) is 17.8 Å². The number of hydrogen-bond acceptors (Lipinski definition) is 5. The lowest BCUT2D eigenvalue weighted by Crippen LogP contribution is -2.48. The molecule has 2 aliphatic heterocycles. The van der Waals surface area contributed by atoms with Crippen LogP contribution in [-0.2, 0) is 12.7 Å². The monoisotopic (exact) mass is 363 g/mol. The molecule has 138 valence electrons. The van der Waals surface area contributed by atoms with Crippen molar-refractivity contribution in [3.8, 4) is 0 Å². The Morgan fingerprint density at radius 2 is 1.92 bits per heavy atom. The van der Waals surface area contributed by atoms with E-state index in [0.29, 0.717) is 24.3 Å². The molecule has 2 atom stereocenters. The van der Waals surface area contributed by atoms with Crippen molar-refractivity contribution in [1.82, 2.24) is 19.9 Å². The van der Waals surface area contributed by atoms with Crippen LogP contribution in [-0.4, -0.2) is 45.5 Å². The van der Waals surface area contributed by atoms with Gasteiger partial charge in [0.2, 0.25) is 0 Å². The molecule has 0 spiro atoms.